The van der Waals surface area contributed by atoms with Gasteiger partial charge in [-0.05, 0) is 27.2 Å². The molecule has 0 saturated carbocycles. The summed E-state index contributed by atoms with van der Waals surface area (Å²) < 4.78 is 10.4. The molecule has 2 unspecified atom stereocenters. The number of ether oxygens (including phenoxy) is 2. The summed E-state index contributed by atoms with van der Waals surface area (Å²) >= 11 is 0. The number of amides is 1. The molecule has 0 radical (unpaired) electrons. The largest absolute Gasteiger partial charge is 0.444 e. The Hall–Kier alpha value is -0.770. The van der Waals surface area contributed by atoms with Crippen LogP contribution in [0.2, 0.25) is 0 Å². The highest BCUT2D eigenvalue weighted by Gasteiger charge is 2.32. The monoisotopic (exact) mass is 229 g/mol. The summed E-state index contributed by atoms with van der Waals surface area (Å²) in [6, 6.07) is 0. The van der Waals surface area contributed by atoms with Crippen LogP contribution >= 0.6 is 0 Å². The van der Waals surface area contributed by atoms with Crippen LogP contribution in [-0.2, 0) is 9.47 Å². The molecule has 1 saturated heterocycles. The van der Waals surface area contributed by atoms with Crippen LogP contribution in [0.4, 0.5) is 4.79 Å². The van der Waals surface area contributed by atoms with E-state index >= 15 is 0 Å². The van der Waals surface area contributed by atoms with Crippen LogP contribution in [0.3, 0.4) is 0 Å². The SMILES string of the molecule is CCCC(CNC(=O)OC(C)(C)C)C1CO1. The molecule has 0 aromatic carbocycles. The predicted octanol–water partition coefficient (Wildman–Crippen LogP) is 2.33. The molecule has 1 aliphatic heterocycles. The Balaban J connectivity index is 2.23. The van der Waals surface area contributed by atoms with E-state index in [2.05, 4.69) is 12.2 Å². The molecule has 1 fully saturated rings. The third-order valence-corrected chi connectivity index (χ3v) is 2.45. The van der Waals surface area contributed by atoms with E-state index in [1.165, 1.54) is 0 Å². The Morgan fingerprint density at radius 1 is 1.56 bits per heavy atom. The van der Waals surface area contributed by atoms with Gasteiger partial charge >= 0.3 is 6.09 Å². The van der Waals surface area contributed by atoms with Crippen LogP contribution < -0.4 is 5.32 Å². The number of hydrogen-bond donors (Lipinski definition) is 1. The molecule has 16 heavy (non-hydrogen) atoms. The molecule has 1 rings (SSSR count). The maximum Gasteiger partial charge on any atom is 0.407 e. The van der Waals surface area contributed by atoms with E-state index in [9.17, 15) is 4.79 Å². The van der Waals surface area contributed by atoms with Gasteiger partial charge in [-0.15, -0.1) is 0 Å². The zero-order valence-corrected chi connectivity index (χ0v) is 10.7. The number of rotatable bonds is 5. The first-order valence-corrected chi connectivity index (χ1v) is 6.01. The fraction of sp³-hybridized carbons (Fsp3) is 0.917. The number of alkyl carbamates (subject to hydrolysis) is 1. The van der Waals surface area contributed by atoms with E-state index in [1.54, 1.807) is 0 Å². The molecule has 1 amide bonds. The molecule has 1 N–H and O–H groups in total. The fourth-order valence-electron chi connectivity index (χ4n) is 1.65. The van der Waals surface area contributed by atoms with Crippen molar-refractivity contribution in [3.8, 4) is 0 Å². The highest BCUT2D eigenvalue weighted by atomic mass is 16.6. The van der Waals surface area contributed by atoms with E-state index in [1.807, 2.05) is 20.8 Å². The van der Waals surface area contributed by atoms with Crippen molar-refractivity contribution in [2.45, 2.75) is 52.2 Å². The molecule has 0 aromatic heterocycles. The first kappa shape index (κ1) is 13.3. The summed E-state index contributed by atoms with van der Waals surface area (Å²) in [4.78, 5) is 11.4. The van der Waals surface area contributed by atoms with Gasteiger partial charge in [0.2, 0.25) is 0 Å². The second-order valence-electron chi connectivity index (χ2n) is 5.30. The van der Waals surface area contributed by atoms with E-state index in [-0.39, 0.29) is 6.09 Å². The van der Waals surface area contributed by atoms with E-state index in [4.69, 9.17) is 9.47 Å². The van der Waals surface area contributed by atoms with Gasteiger partial charge in [-0.2, -0.15) is 0 Å². The van der Waals surface area contributed by atoms with Gasteiger partial charge in [0.15, 0.2) is 0 Å². The van der Waals surface area contributed by atoms with Crippen molar-refractivity contribution >= 4 is 6.09 Å². The quantitative estimate of drug-likeness (QED) is 0.736. The molecule has 1 heterocycles. The molecule has 4 nitrogen and oxygen atoms in total. The van der Waals surface area contributed by atoms with E-state index < -0.39 is 5.60 Å². The maximum atomic E-state index is 11.4. The molecular formula is C12H23NO3. The van der Waals surface area contributed by atoms with Crippen LogP contribution in [0, 0.1) is 5.92 Å². The lowest BCUT2D eigenvalue weighted by molar-refractivity contribution is 0.0515. The Kier molecular flexibility index (Phi) is 4.59. The van der Waals surface area contributed by atoms with Crippen LogP contribution in [0.25, 0.3) is 0 Å². The Bertz CT molecular complexity index is 231. The average Bonchev–Trinajstić information content (AvgIpc) is 2.92. The average molecular weight is 229 g/mol. The van der Waals surface area contributed by atoms with Crippen molar-refractivity contribution in [2.24, 2.45) is 5.92 Å². The Morgan fingerprint density at radius 3 is 2.62 bits per heavy atom. The van der Waals surface area contributed by atoms with Crippen molar-refractivity contribution in [3.05, 3.63) is 0 Å². The lowest BCUT2D eigenvalue weighted by atomic mass is 10.0. The molecule has 0 spiro atoms. The summed E-state index contributed by atoms with van der Waals surface area (Å²) in [5.41, 5.74) is -0.430. The minimum Gasteiger partial charge on any atom is -0.444 e. The second-order valence-corrected chi connectivity index (χ2v) is 5.30. The zero-order valence-electron chi connectivity index (χ0n) is 10.7. The number of carbonyl (C=O) groups excluding carboxylic acids is 1. The number of carbonyl (C=O) groups is 1. The molecule has 0 bridgehead atoms. The van der Waals surface area contributed by atoms with Gasteiger partial charge in [0.1, 0.15) is 5.60 Å². The Labute approximate surface area is 97.7 Å². The first-order chi connectivity index (χ1) is 7.42. The van der Waals surface area contributed by atoms with Gasteiger partial charge in [-0.1, -0.05) is 13.3 Å². The third-order valence-electron chi connectivity index (χ3n) is 2.45. The minimum absolute atomic E-state index is 0.339. The molecule has 94 valence electrons. The molecule has 0 aliphatic carbocycles. The van der Waals surface area contributed by atoms with Gasteiger partial charge in [-0.25, -0.2) is 4.79 Å². The van der Waals surface area contributed by atoms with Crippen molar-refractivity contribution in [1.29, 1.82) is 0 Å². The van der Waals surface area contributed by atoms with Crippen LogP contribution in [-0.4, -0.2) is 30.9 Å². The number of epoxide rings is 1. The van der Waals surface area contributed by atoms with Crippen LogP contribution in [0.15, 0.2) is 0 Å². The van der Waals surface area contributed by atoms with Gasteiger partial charge in [0.05, 0.1) is 12.7 Å². The zero-order chi connectivity index (χ0) is 12.2. The standard InChI is InChI=1S/C12H23NO3/c1-5-6-9(10-8-15-10)7-13-11(14)16-12(2,3)4/h9-10H,5-8H2,1-4H3,(H,13,14). The predicted molar refractivity (Wildman–Crippen MR) is 62.4 cm³/mol. The fourth-order valence-corrected chi connectivity index (χ4v) is 1.65. The molecular weight excluding hydrogens is 206 g/mol. The summed E-state index contributed by atoms with van der Waals surface area (Å²) in [7, 11) is 0. The second kappa shape index (κ2) is 5.53. The highest BCUT2D eigenvalue weighted by Crippen LogP contribution is 2.23. The van der Waals surface area contributed by atoms with Crippen LogP contribution in [0.1, 0.15) is 40.5 Å². The van der Waals surface area contributed by atoms with Crippen molar-refractivity contribution < 1.29 is 14.3 Å². The molecule has 4 heteroatoms. The number of nitrogens with one attached hydrogen (secondary N) is 1. The third kappa shape index (κ3) is 5.35. The van der Waals surface area contributed by atoms with Gasteiger partial charge in [0, 0.05) is 12.5 Å². The van der Waals surface area contributed by atoms with Gasteiger partial charge < -0.3 is 14.8 Å². The van der Waals surface area contributed by atoms with E-state index in [0.29, 0.717) is 18.6 Å². The smallest absolute Gasteiger partial charge is 0.407 e. The van der Waals surface area contributed by atoms with Crippen molar-refractivity contribution in [2.75, 3.05) is 13.2 Å². The number of hydrogen-bond acceptors (Lipinski definition) is 3. The van der Waals surface area contributed by atoms with E-state index in [0.717, 1.165) is 19.4 Å². The molecule has 2 atom stereocenters. The maximum absolute atomic E-state index is 11.4. The lowest BCUT2D eigenvalue weighted by Crippen LogP contribution is -2.36. The first-order valence-electron chi connectivity index (χ1n) is 6.01. The minimum atomic E-state index is -0.430. The topological polar surface area (TPSA) is 50.9 Å². The van der Waals surface area contributed by atoms with Crippen LogP contribution in [0.5, 0.6) is 0 Å². The molecule has 0 aromatic rings. The van der Waals surface area contributed by atoms with Crippen molar-refractivity contribution in [3.63, 3.8) is 0 Å². The normalized spacial score (nSPS) is 21.4. The van der Waals surface area contributed by atoms with Gasteiger partial charge in [-0.3, -0.25) is 0 Å². The van der Waals surface area contributed by atoms with Gasteiger partial charge in [0.25, 0.3) is 0 Å². The van der Waals surface area contributed by atoms with Crippen molar-refractivity contribution in [1.82, 2.24) is 5.32 Å². The summed E-state index contributed by atoms with van der Waals surface area (Å²) in [6.45, 7) is 9.21. The summed E-state index contributed by atoms with van der Waals surface area (Å²) in [6.07, 6.45) is 2.20. The Morgan fingerprint density at radius 2 is 2.19 bits per heavy atom. The molecule has 1 aliphatic rings. The lowest BCUT2D eigenvalue weighted by Gasteiger charge is -2.21. The summed E-state index contributed by atoms with van der Waals surface area (Å²) in [5.74, 6) is 0.428. The summed E-state index contributed by atoms with van der Waals surface area (Å²) in [5, 5.41) is 2.80. The highest BCUT2D eigenvalue weighted by molar-refractivity contribution is 5.67.